The Hall–Kier alpha value is -2.90. The van der Waals surface area contributed by atoms with Gasteiger partial charge in [0, 0.05) is 17.2 Å². The quantitative estimate of drug-likeness (QED) is 0.677. The molecule has 0 bridgehead atoms. The van der Waals surface area contributed by atoms with Crippen molar-refractivity contribution in [2.45, 2.75) is 20.4 Å². The maximum absolute atomic E-state index is 11.9. The van der Waals surface area contributed by atoms with Crippen molar-refractivity contribution in [1.82, 2.24) is 4.57 Å². The fourth-order valence-corrected chi connectivity index (χ4v) is 1.94. The van der Waals surface area contributed by atoms with E-state index in [1.165, 1.54) is 19.1 Å². The van der Waals surface area contributed by atoms with Gasteiger partial charge in [0.25, 0.3) is 11.2 Å². The molecule has 0 amide bonds. The lowest BCUT2D eigenvalue weighted by molar-refractivity contribution is -0.385. The van der Waals surface area contributed by atoms with Crippen LogP contribution >= 0.6 is 0 Å². The maximum atomic E-state index is 11.9. The number of carbonyl (C=O) groups is 1. The molecule has 2 aromatic rings. The van der Waals surface area contributed by atoms with Gasteiger partial charge in [0.2, 0.25) is 5.76 Å². The molecule has 0 saturated carbocycles. The lowest BCUT2D eigenvalue weighted by Gasteiger charge is -2.05. The highest BCUT2D eigenvalue weighted by molar-refractivity contribution is 5.84. The molecule has 2 heterocycles. The highest BCUT2D eigenvalue weighted by Gasteiger charge is 2.17. The summed E-state index contributed by atoms with van der Waals surface area (Å²) >= 11 is 0. The Morgan fingerprint density at radius 2 is 2.10 bits per heavy atom. The number of carboxylic acids is 1. The minimum atomic E-state index is -1.22. The van der Waals surface area contributed by atoms with Gasteiger partial charge in [-0.15, -0.1) is 0 Å². The van der Waals surface area contributed by atoms with E-state index in [4.69, 9.17) is 9.52 Å². The van der Waals surface area contributed by atoms with E-state index in [1.807, 2.05) is 0 Å². The number of carboxylic acid groups (broad SMARTS) is 1. The molecule has 21 heavy (non-hydrogen) atoms. The molecule has 0 aliphatic heterocycles. The summed E-state index contributed by atoms with van der Waals surface area (Å²) in [6, 6.07) is 2.47. The first-order valence-electron chi connectivity index (χ1n) is 5.97. The number of hydrogen-bond acceptors (Lipinski definition) is 5. The Labute approximate surface area is 118 Å². The van der Waals surface area contributed by atoms with E-state index in [2.05, 4.69) is 0 Å². The van der Waals surface area contributed by atoms with Gasteiger partial charge < -0.3 is 14.1 Å². The van der Waals surface area contributed by atoms with Gasteiger partial charge in [-0.05, 0) is 19.9 Å². The SMILES string of the molecule is Cc1cc(=O)n(Cc2cc(C(=O)O)oc2C)cc1[N+](=O)[O-]. The Morgan fingerprint density at radius 1 is 1.43 bits per heavy atom. The molecule has 0 radical (unpaired) electrons. The lowest BCUT2D eigenvalue weighted by atomic mass is 10.2. The van der Waals surface area contributed by atoms with Gasteiger partial charge in [0.05, 0.1) is 17.7 Å². The van der Waals surface area contributed by atoms with Crippen molar-refractivity contribution in [3.05, 3.63) is 61.4 Å². The molecule has 0 fully saturated rings. The monoisotopic (exact) mass is 292 g/mol. The summed E-state index contributed by atoms with van der Waals surface area (Å²) < 4.78 is 6.19. The molecule has 0 aromatic carbocycles. The van der Waals surface area contributed by atoms with Crippen molar-refractivity contribution >= 4 is 11.7 Å². The van der Waals surface area contributed by atoms with Gasteiger partial charge in [-0.3, -0.25) is 14.9 Å². The Morgan fingerprint density at radius 3 is 2.62 bits per heavy atom. The Balaban J connectivity index is 2.44. The minimum absolute atomic E-state index is 0.00255. The van der Waals surface area contributed by atoms with Crippen molar-refractivity contribution in [1.29, 1.82) is 0 Å². The van der Waals surface area contributed by atoms with Gasteiger partial charge >= 0.3 is 5.97 Å². The summed E-state index contributed by atoms with van der Waals surface area (Å²) in [5.41, 5.74) is 0.175. The van der Waals surface area contributed by atoms with Crippen LogP contribution in [-0.4, -0.2) is 20.6 Å². The molecule has 1 N–H and O–H groups in total. The molecule has 0 saturated heterocycles. The average Bonchev–Trinajstić information content (AvgIpc) is 2.74. The standard InChI is InChI=1S/C13H12N2O6/c1-7-3-12(16)14(6-10(7)15(19)20)5-9-4-11(13(17)18)21-8(9)2/h3-4,6H,5H2,1-2H3,(H,17,18). The van der Waals surface area contributed by atoms with Crippen LogP contribution in [0.2, 0.25) is 0 Å². The number of furan rings is 1. The van der Waals surface area contributed by atoms with Crippen LogP contribution in [0.25, 0.3) is 0 Å². The molecule has 8 heteroatoms. The number of aryl methyl sites for hydroxylation is 2. The molecule has 0 unspecified atom stereocenters. The largest absolute Gasteiger partial charge is 0.475 e. The number of aromatic carboxylic acids is 1. The predicted octanol–water partition coefficient (Wildman–Crippen LogP) is 1.71. The van der Waals surface area contributed by atoms with Gasteiger partial charge in [0.15, 0.2) is 0 Å². The summed E-state index contributed by atoms with van der Waals surface area (Å²) in [6.45, 7) is 3.05. The number of hydrogen-bond donors (Lipinski definition) is 1. The van der Waals surface area contributed by atoms with E-state index in [1.54, 1.807) is 6.92 Å². The topological polar surface area (TPSA) is 116 Å². The average molecular weight is 292 g/mol. The van der Waals surface area contributed by atoms with Crippen LogP contribution in [-0.2, 0) is 6.54 Å². The molecule has 2 rings (SSSR count). The van der Waals surface area contributed by atoms with Crippen LogP contribution in [0.15, 0.2) is 27.5 Å². The van der Waals surface area contributed by atoms with Crippen molar-refractivity contribution in [3.8, 4) is 0 Å². The highest BCUT2D eigenvalue weighted by atomic mass is 16.6. The third-order valence-electron chi connectivity index (χ3n) is 3.07. The second kappa shape index (κ2) is 5.23. The Kier molecular flexibility index (Phi) is 3.62. The zero-order valence-electron chi connectivity index (χ0n) is 11.3. The van der Waals surface area contributed by atoms with Crippen LogP contribution in [0.5, 0.6) is 0 Å². The number of pyridine rings is 1. The van der Waals surface area contributed by atoms with Crippen LogP contribution in [0.1, 0.15) is 27.4 Å². The van der Waals surface area contributed by atoms with Crippen LogP contribution < -0.4 is 5.56 Å². The first-order chi connectivity index (χ1) is 9.79. The molecular formula is C13H12N2O6. The van der Waals surface area contributed by atoms with Crippen molar-refractivity contribution in [2.75, 3.05) is 0 Å². The summed E-state index contributed by atoms with van der Waals surface area (Å²) in [4.78, 5) is 33.0. The van der Waals surface area contributed by atoms with E-state index < -0.39 is 16.5 Å². The van der Waals surface area contributed by atoms with Gasteiger partial charge in [-0.2, -0.15) is 0 Å². The van der Waals surface area contributed by atoms with E-state index in [0.29, 0.717) is 11.3 Å². The Bertz CT molecular complexity index is 786. The molecule has 0 aliphatic rings. The third-order valence-corrected chi connectivity index (χ3v) is 3.07. The minimum Gasteiger partial charge on any atom is -0.475 e. The van der Waals surface area contributed by atoms with Gasteiger partial charge in [-0.1, -0.05) is 0 Å². The summed E-state index contributed by atoms with van der Waals surface area (Å²) in [5.74, 6) is -1.11. The molecule has 8 nitrogen and oxygen atoms in total. The molecule has 0 spiro atoms. The summed E-state index contributed by atoms with van der Waals surface area (Å²) in [7, 11) is 0. The molecule has 0 atom stereocenters. The second-order valence-electron chi connectivity index (χ2n) is 4.56. The lowest BCUT2D eigenvalue weighted by Crippen LogP contribution is -2.20. The van der Waals surface area contributed by atoms with Gasteiger partial charge in [0.1, 0.15) is 5.76 Å². The summed E-state index contributed by atoms with van der Waals surface area (Å²) in [6.07, 6.45) is 1.14. The van der Waals surface area contributed by atoms with Crippen LogP contribution in [0, 0.1) is 24.0 Å². The first-order valence-corrected chi connectivity index (χ1v) is 5.97. The van der Waals surface area contributed by atoms with Crippen LogP contribution in [0.4, 0.5) is 5.69 Å². The fraction of sp³-hybridized carbons (Fsp3) is 0.231. The number of rotatable bonds is 4. The number of nitrogens with zero attached hydrogens (tertiary/aromatic N) is 2. The van der Waals surface area contributed by atoms with E-state index in [-0.39, 0.29) is 23.6 Å². The number of nitro groups is 1. The highest BCUT2D eigenvalue weighted by Crippen LogP contribution is 2.18. The zero-order valence-corrected chi connectivity index (χ0v) is 11.3. The maximum Gasteiger partial charge on any atom is 0.371 e. The van der Waals surface area contributed by atoms with E-state index in [0.717, 1.165) is 10.8 Å². The van der Waals surface area contributed by atoms with Crippen molar-refractivity contribution < 1.29 is 19.2 Å². The van der Waals surface area contributed by atoms with Crippen molar-refractivity contribution in [2.24, 2.45) is 0 Å². The normalized spacial score (nSPS) is 10.6. The molecule has 0 aliphatic carbocycles. The molecular weight excluding hydrogens is 280 g/mol. The molecule has 2 aromatic heterocycles. The van der Waals surface area contributed by atoms with Crippen molar-refractivity contribution in [3.63, 3.8) is 0 Å². The zero-order chi connectivity index (χ0) is 15.7. The summed E-state index contributed by atoms with van der Waals surface area (Å²) in [5, 5.41) is 19.7. The predicted molar refractivity (Wildman–Crippen MR) is 71.6 cm³/mol. The van der Waals surface area contributed by atoms with Crippen LogP contribution in [0.3, 0.4) is 0 Å². The third kappa shape index (κ3) is 2.83. The second-order valence-corrected chi connectivity index (χ2v) is 4.56. The van der Waals surface area contributed by atoms with Gasteiger partial charge in [-0.25, -0.2) is 4.79 Å². The molecule has 110 valence electrons. The van der Waals surface area contributed by atoms with E-state index >= 15 is 0 Å². The first kappa shape index (κ1) is 14.5. The number of aromatic nitrogens is 1. The fourth-order valence-electron chi connectivity index (χ4n) is 1.94. The van der Waals surface area contributed by atoms with E-state index in [9.17, 15) is 19.7 Å². The smallest absolute Gasteiger partial charge is 0.371 e.